The molecule has 6 heteroatoms. The van der Waals surface area contributed by atoms with Gasteiger partial charge in [0.1, 0.15) is 11.5 Å². The maximum atomic E-state index is 12.7. The minimum absolute atomic E-state index is 0.339. The zero-order chi connectivity index (χ0) is 25.6. The number of esters is 1. The lowest BCUT2D eigenvalue weighted by atomic mass is 10.0. The summed E-state index contributed by atoms with van der Waals surface area (Å²) in [5.74, 6) is 0.0416. The van der Waals surface area contributed by atoms with Crippen molar-refractivity contribution in [2.24, 2.45) is 5.10 Å². The molecule has 6 nitrogen and oxygen atoms in total. The van der Waals surface area contributed by atoms with Gasteiger partial charge in [0.15, 0.2) is 6.10 Å². The lowest BCUT2D eigenvalue weighted by Crippen LogP contribution is -2.33. The molecule has 1 N–H and O–H groups in total. The first-order chi connectivity index (χ1) is 18.1. The Balaban J connectivity index is 1.32. The fourth-order valence-corrected chi connectivity index (χ4v) is 3.98. The molecule has 37 heavy (non-hydrogen) atoms. The summed E-state index contributed by atoms with van der Waals surface area (Å²) in [5, 5.41) is 8.05. The van der Waals surface area contributed by atoms with E-state index in [4.69, 9.17) is 9.47 Å². The normalized spacial score (nSPS) is 11.9. The number of rotatable bonds is 7. The lowest BCUT2D eigenvalue weighted by Gasteiger charge is -2.14. The van der Waals surface area contributed by atoms with Crippen LogP contribution < -0.4 is 14.9 Å². The molecular weight excluding hydrogens is 464 g/mol. The van der Waals surface area contributed by atoms with Crippen molar-refractivity contribution in [2.75, 3.05) is 0 Å². The Kier molecular flexibility index (Phi) is 6.90. The van der Waals surface area contributed by atoms with Gasteiger partial charge in [-0.25, -0.2) is 10.2 Å². The average molecular weight is 489 g/mol. The number of fused-ring (bicyclic) bond motifs is 2. The summed E-state index contributed by atoms with van der Waals surface area (Å²) < 4.78 is 11.5. The number of nitrogens with one attached hydrogen (secondary N) is 1. The second-order valence-corrected chi connectivity index (χ2v) is 8.46. The Morgan fingerprint density at radius 2 is 1.46 bits per heavy atom. The minimum atomic E-state index is -0.777. The largest absolute Gasteiger partial charge is 0.481 e. The molecule has 0 aliphatic rings. The van der Waals surface area contributed by atoms with Crippen LogP contribution in [-0.2, 0) is 4.79 Å². The second-order valence-electron chi connectivity index (χ2n) is 8.46. The summed E-state index contributed by atoms with van der Waals surface area (Å²) in [7, 11) is 0. The van der Waals surface area contributed by atoms with Crippen molar-refractivity contribution in [3.05, 3.63) is 120 Å². The van der Waals surface area contributed by atoms with Gasteiger partial charge in [0, 0.05) is 5.56 Å². The van der Waals surface area contributed by atoms with Crippen LogP contribution in [0, 0.1) is 0 Å². The molecule has 0 saturated carbocycles. The summed E-state index contributed by atoms with van der Waals surface area (Å²) in [4.78, 5) is 25.4. The molecule has 5 rings (SSSR count). The number of ether oxygens (including phenoxy) is 2. The molecule has 1 atom stereocenters. The number of hydrazone groups is 1. The molecule has 0 bridgehead atoms. The van der Waals surface area contributed by atoms with Crippen LogP contribution in [0.2, 0.25) is 0 Å². The fourth-order valence-electron chi connectivity index (χ4n) is 3.98. The van der Waals surface area contributed by atoms with Crippen LogP contribution in [-0.4, -0.2) is 24.2 Å². The number of amides is 1. The number of carbonyl (C=O) groups excluding carboxylic acids is 2. The van der Waals surface area contributed by atoms with E-state index >= 15 is 0 Å². The van der Waals surface area contributed by atoms with Crippen molar-refractivity contribution in [3.63, 3.8) is 0 Å². The van der Waals surface area contributed by atoms with Gasteiger partial charge in [0.25, 0.3) is 5.91 Å². The number of hydrogen-bond donors (Lipinski definition) is 1. The van der Waals surface area contributed by atoms with E-state index in [0.29, 0.717) is 22.6 Å². The highest BCUT2D eigenvalue weighted by Crippen LogP contribution is 2.27. The van der Waals surface area contributed by atoms with Crippen LogP contribution >= 0.6 is 0 Å². The third-order valence-corrected chi connectivity index (χ3v) is 5.91. The number of nitrogens with zero attached hydrogens (tertiary/aromatic N) is 1. The molecule has 0 saturated heterocycles. The fraction of sp³-hybridized carbons (Fsp3) is 0.0645. The number of benzene rings is 5. The van der Waals surface area contributed by atoms with Crippen LogP contribution in [0.15, 0.2) is 114 Å². The van der Waals surface area contributed by atoms with Gasteiger partial charge in [-0.1, -0.05) is 78.9 Å². The predicted octanol–water partition coefficient (Wildman–Crippen LogP) is 6.13. The topological polar surface area (TPSA) is 77.0 Å². The van der Waals surface area contributed by atoms with Crippen LogP contribution in [0.5, 0.6) is 11.5 Å². The molecule has 0 spiro atoms. The van der Waals surface area contributed by atoms with Gasteiger partial charge in [-0.3, -0.25) is 4.79 Å². The zero-order valence-electron chi connectivity index (χ0n) is 20.1. The molecule has 1 amide bonds. The van der Waals surface area contributed by atoms with E-state index in [9.17, 15) is 9.59 Å². The van der Waals surface area contributed by atoms with E-state index in [0.717, 1.165) is 21.5 Å². The van der Waals surface area contributed by atoms with Crippen molar-refractivity contribution in [3.8, 4) is 11.5 Å². The molecule has 0 aromatic heterocycles. The predicted molar refractivity (Wildman–Crippen MR) is 145 cm³/mol. The smallest absolute Gasteiger partial charge is 0.343 e. The van der Waals surface area contributed by atoms with Crippen LogP contribution in [0.3, 0.4) is 0 Å². The molecule has 0 aliphatic heterocycles. The highest BCUT2D eigenvalue weighted by molar-refractivity contribution is 6.04. The number of carbonyl (C=O) groups is 2. The van der Waals surface area contributed by atoms with E-state index in [1.54, 1.807) is 37.3 Å². The summed E-state index contributed by atoms with van der Waals surface area (Å²) >= 11 is 0. The zero-order valence-corrected chi connectivity index (χ0v) is 20.1. The highest BCUT2D eigenvalue weighted by atomic mass is 16.5. The first-order valence-electron chi connectivity index (χ1n) is 11.9. The van der Waals surface area contributed by atoms with E-state index in [-0.39, 0.29) is 0 Å². The maximum absolute atomic E-state index is 12.7. The standard InChI is InChI=1S/C31H24N2O4/c1-21(36-26-17-15-22-9-5-6-13-25(22)19-26)30(34)33-32-20-28-27-14-8-7-10-23(27)16-18-29(28)37-31(35)24-11-3-2-4-12-24/h2-21H,1H3,(H,33,34)/b32-20-/t21-/m0/s1. The summed E-state index contributed by atoms with van der Waals surface area (Å²) in [6, 6.07) is 33.6. The van der Waals surface area contributed by atoms with Gasteiger partial charge in [0.2, 0.25) is 0 Å². The van der Waals surface area contributed by atoms with Crippen molar-refractivity contribution in [2.45, 2.75) is 13.0 Å². The van der Waals surface area contributed by atoms with Crippen molar-refractivity contribution >= 4 is 39.6 Å². The summed E-state index contributed by atoms with van der Waals surface area (Å²) in [5.41, 5.74) is 3.54. The number of hydrogen-bond acceptors (Lipinski definition) is 5. The molecule has 0 fully saturated rings. The van der Waals surface area contributed by atoms with Crippen molar-refractivity contribution in [1.29, 1.82) is 0 Å². The monoisotopic (exact) mass is 488 g/mol. The molecule has 0 unspecified atom stereocenters. The third kappa shape index (κ3) is 5.49. The van der Waals surface area contributed by atoms with Gasteiger partial charge >= 0.3 is 5.97 Å². The molecule has 0 aliphatic carbocycles. The summed E-state index contributed by atoms with van der Waals surface area (Å²) in [6.07, 6.45) is 0.706. The Morgan fingerprint density at radius 1 is 0.784 bits per heavy atom. The van der Waals surface area contributed by atoms with Gasteiger partial charge in [0.05, 0.1) is 11.8 Å². The molecule has 0 heterocycles. The molecule has 182 valence electrons. The Labute approximate surface area is 214 Å². The Hall–Kier alpha value is -4.97. The Morgan fingerprint density at radius 3 is 2.27 bits per heavy atom. The van der Waals surface area contributed by atoms with Gasteiger partial charge in [-0.2, -0.15) is 5.10 Å². The average Bonchev–Trinajstić information content (AvgIpc) is 2.94. The maximum Gasteiger partial charge on any atom is 0.343 e. The minimum Gasteiger partial charge on any atom is -0.481 e. The van der Waals surface area contributed by atoms with Crippen LogP contribution in [0.1, 0.15) is 22.8 Å². The highest BCUT2D eigenvalue weighted by Gasteiger charge is 2.16. The van der Waals surface area contributed by atoms with E-state index in [1.165, 1.54) is 6.21 Å². The molecule has 0 radical (unpaired) electrons. The van der Waals surface area contributed by atoms with Gasteiger partial charge < -0.3 is 9.47 Å². The van der Waals surface area contributed by atoms with Crippen molar-refractivity contribution < 1.29 is 19.1 Å². The van der Waals surface area contributed by atoms with Crippen LogP contribution in [0.4, 0.5) is 0 Å². The lowest BCUT2D eigenvalue weighted by molar-refractivity contribution is -0.127. The SMILES string of the molecule is C[C@H](Oc1ccc2ccccc2c1)C(=O)N/N=C\c1c(OC(=O)c2ccccc2)ccc2ccccc12. The van der Waals surface area contributed by atoms with Gasteiger partial charge in [-0.05, 0) is 58.8 Å². The van der Waals surface area contributed by atoms with E-state index in [2.05, 4.69) is 10.5 Å². The first kappa shape index (κ1) is 23.8. The first-order valence-corrected chi connectivity index (χ1v) is 11.9. The van der Waals surface area contributed by atoms with E-state index < -0.39 is 18.0 Å². The van der Waals surface area contributed by atoms with Gasteiger partial charge in [-0.15, -0.1) is 0 Å². The second kappa shape index (κ2) is 10.7. The third-order valence-electron chi connectivity index (χ3n) is 5.91. The molecule has 5 aromatic rings. The Bertz CT molecular complexity index is 1610. The molecular formula is C31H24N2O4. The molecule has 5 aromatic carbocycles. The summed E-state index contributed by atoms with van der Waals surface area (Å²) in [6.45, 7) is 1.66. The van der Waals surface area contributed by atoms with Crippen LogP contribution in [0.25, 0.3) is 21.5 Å². The quantitative estimate of drug-likeness (QED) is 0.129. The van der Waals surface area contributed by atoms with E-state index in [1.807, 2.05) is 78.9 Å². The van der Waals surface area contributed by atoms with Crippen molar-refractivity contribution in [1.82, 2.24) is 5.43 Å².